The van der Waals surface area contributed by atoms with Crippen LogP contribution in [-0.4, -0.2) is 16.0 Å². The van der Waals surface area contributed by atoms with Gasteiger partial charge in [0, 0.05) is 15.7 Å². The van der Waals surface area contributed by atoms with E-state index in [0.29, 0.717) is 23.7 Å². The van der Waals surface area contributed by atoms with E-state index in [0.717, 1.165) is 15.7 Å². The number of aryl methyl sites for hydroxylation is 1. The summed E-state index contributed by atoms with van der Waals surface area (Å²) < 4.78 is 6.01. The Labute approximate surface area is 141 Å². The topological polar surface area (TPSA) is 68.0 Å². The molecule has 1 N–H and O–H groups in total. The second-order valence-electron chi connectivity index (χ2n) is 5.03. The number of nitrogens with zero attached hydrogens (tertiary/aromatic N) is 2. The summed E-state index contributed by atoms with van der Waals surface area (Å²) in [6, 6.07) is 14.8. The number of amides is 1. The van der Waals surface area contributed by atoms with Crippen LogP contribution in [0.2, 0.25) is 0 Å². The van der Waals surface area contributed by atoms with Gasteiger partial charge >= 0.3 is 0 Å². The van der Waals surface area contributed by atoms with Gasteiger partial charge in [-0.05, 0) is 36.8 Å². The number of aromatic nitrogens is 2. The molecule has 0 saturated heterocycles. The predicted octanol–water partition coefficient (Wildman–Crippen LogP) is 3.98. The standard InChI is InChI=1S/C17H14BrN3O2/c1-11-19-16(23-21-11)10-12-5-2-3-8-15(12)20-17(22)13-6-4-7-14(18)9-13/h2-9H,10H2,1H3,(H,20,22). The van der Waals surface area contributed by atoms with Crippen molar-refractivity contribution in [3.8, 4) is 0 Å². The molecule has 3 aromatic rings. The molecule has 3 rings (SSSR count). The Bertz CT molecular complexity index is 845. The number of carbonyl (C=O) groups excluding carboxylic acids is 1. The Hall–Kier alpha value is -2.47. The van der Waals surface area contributed by atoms with Crippen molar-refractivity contribution in [1.29, 1.82) is 0 Å². The molecule has 6 heteroatoms. The molecule has 0 bridgehead atoms. The van der Waals surface area contributed by atoms with Gasteiger partial charge in [-0.2, -0.15) is 4.98 Å². The Morgan fingerprint density at radius 2 is 2.04 bits per heavy atom. The maximum Gasteiger partial charge on any atom is 0.255 e. The summed E-state index contributed by atoms with van der Waals surface area (Å²) in [5, 5.41) is 6.71. The van der Waals surface area contributed by atoms with Gasteiger partial charge in [0.25, 0.3) is 5.91 Å². The third-order valence-electron chi connectivity index (χ3n) is 3.26. The van der Waals surface area contributed by atoms with Gasteiger partial charge in [0.05, 0.1) is 6.42 Å². The van der Waals surface area contributed by atoms with E-state index < -0.39 is 0 Å². The summed E-state index contributed by atoms with van der Waals surface area (Å²) in [6.45, 7) is 1.77. The lowest BCUT2D eigenvalue weighted by Gasteiger charge is -2.10. The number of halogens is 1. The van der Waals surface area contributed by atoms with E-state index in [1.54, 1.807) is 19.1 Å². The first kappa shape index (κ1) is 15.4. The number of rotatable bonds is 4. The third kappa shape index (κ3) is 3.84. The fourth-order valence-electron chi connectivity index (χ4n) is 2.20. The van der Waals surface area contributed by atoms with Gasteiger partial charge in [-0.25, -0.2) is 0 Å². The van der Waals surface area contributed by atoms with Crippen LogP contribution >= 0.6 is 15.9 Å². The van der Waals surface area contributed by atoms with Gasteiger partial charge < -0.3 is 9.84 Å². The summed E-state index contributed by atoms with van der Waals surface area (Å²) >= 11 is 3.37. The van der Waals surface area contributed by atoms with Crippen LogP contribution in [0.4, 0.5) is 5.69 Å². The molecule has 0 aliphatic heterocycles. The van der Waals surface area contributed by atoms with Gasteiger partial charge in [-0.3, -0.25) is 4.79 Å². The zero-order chi connectivity index (χ0) is 16.2. The SMILES string of the molecule is Cc1noc(Cc2ccccc2NC(=O)c2cccc(Br)c2)n1. The van der Waals surface area contributed by atoms with Crippen molar-refractivity contribution in [2.75, 3.05) is 5.32 Å². The fourth-order valence-corrected chi connectivity index (χ4v) is 2.59. The molecule has 23 heavy (non-hydrogen) atoms. The zero-order valence-electron chi connectivity index (χ0n) is 12.4. The van der Waals surface area contributed by atoms with Gasteiger partial charge in [0.15, 0.2) is 5.82 Å². The van der Waals surface area contributed by atoms with E-state index in [-0.39, 0.29) is 5.91 Å². The van der Waals surface area contributed by atoms with Crippen LogP contribution in [0.15, 0.2) is 57.5 Å². The van der Waals surface area contributed by atoms with Crippen molar-refractivity contribution in [2.45, 2.75) is 13.3 Å². The lowest BCUT2D eigenvalue weighted by molar-refractivity contribution is 0.102. The highest BCUT2D eigenvalue weighted by molar-refractivity contribution is 9.10. The molecule has 0 aliphatic rings. The maximum absolute atomic E-state index is 12.4. The number of anilines is 1. The summed E-state index contributed by atoms with van der Waals surface area (Å²) in [7, 11) is 0. The summed E-state index contributed by atoms with van der Waals surface area (Å²) in [5.41, 5.74) is 2.23. The first-order valence-electron chi connectivity index (χ1n) is 7.06. The van der Waals surface area contributed by atoms with Crippen molar-refractivity contribution in [3.63, 3.8) is 0 Å². The molecular formula is C17H14BrN3O2. The number of hydrogen-bond acceptors (Lipinski definition) is 4. The Balaban J connectivity index is 1.81. The molecule has 1 heterocycles. The van der Waals surface area contributed by atoms with Crippen molar-refractivity contribution in [3.05, 3.63) is 75.8 Å². The van der Waals surface area contributed by atoms with E-state index >= 15 is 0 Å². The molecule has 0 aliphatic carbocycles. The van der Waals surface area contributed by atoms with E-state index in [1.807, 2.05) is 36.4 Å². The van der Waals surface area contributed by atoms with E-state index in [1.165, 1.54) is 0 Å². The van der Waals surface area contributed by atoms with Crippen LogP contribution in [0.1, 0.15) is 27.6 Å². The Morgan fingerprint density at radius 1 is 1.22 bits per heavy atom. The smallest absolute Gasteiger partial charge is 0.255 e. The van der Waals surface area contributed by atoms with Gasteiger partial charge in [0.1, 0.15) is 0 Å². The van der Waals surface area contributed by atoms with Crippen LogP contribution in [0.3, 0.4) is 0 Å². The van der Waals surface area contributed by atoms with Crippen molar-refractivity contribution in [2.24, 2.45) is 0 Å². The van der Waals surface area contributed by atoms with Crippen molar-refractivity contribution in [1.82, 2.24) is 10.1 Å². The van der Waals surface area contributed by atoms with Crippen LogP contribution in [0.25, 0.3) is 0 Å². The minimum Gasteiger partial charge on any atom is -0.339 e. The average molecular weight is 372 g/mol. The summed E-state index contributed by atoms with van der Waals surface area (Å²) in [6.07, 6.45) is 0.468. The lowest BCUT2D eigenvalue weighted by atomic mass is 10.1. The minimum absolute atomic E-state index is 0.166. The quantitative estimate of drug-likeness (QED) is 0.752. The van der Waals surface area contributed by atoms with E-state index in [2.05, 4.69) is 31.4 Å². The number of nitrogens with one attached hydrogen (secondary N) is 1. The van der Waals surface area contributed by atoms with Crippen LogP contribution in [0.5, 0.6) is 0 Å². The average Bonchev–Trinajstić information content (AvgIpc) is 2.94. The highest BCUT2D eigenvalue weighted by atomic mass is 79.9. The second kappa shape index (κ2) is 6.75. The molecule has 2 aromatic carbocycles. The molecule has 1 aromatic heterocycles. The second-order valence-corrected chi connectivity index (χ2v) is 5.95. The molecule has 0 unspecified atom stereocenters. The van der Waals surface area contributed by atoms with Crippen molar-refractivity contribution < 1.29 is 9.32 Å². The molecule has 5 nitrogen and oxygen atoms in total. The summed E-state index contributed by atoms with van der Waals surface area (Å²) in [4.78, 5) is 16.6. The maximum atomic E-state index is 12.4. The monoisotopic (exact) mass is 371 g/mol. The van der Waals surface area contributed by atoms with E-state index in [9.17, 15) is 4.79 Å². The molecule has 0 spiro atoms. The highest BCUT2D eigenvalue weighted by Gasteiger charge is 2.12. The van der Waals surface area contributed by atoms with Gasteiger partial charge in [-0.15, -0.1) is 0 Å². The Morgan fingerprint density at radius 3 is 2.78 bits per heavy atom. The first-order valence-corrected chi connectivity index (χ1v) is 7.85. The molecule has 0 fully saturated rings. The largest absolute Gasteiger partial charge is 0.339 e. The zero-order valence-corrected chi connectivity index (χ0v) is 14.0. The van der Waals surface area contributed by atoms with Crippen LogP contribution in [0, 0.1) is 6.92 Å². The third-order valence-corrected chi connectivity index (χ3v) is 3.76. The fraction of sp³-hybridized carbons (Fsp3) is 0.118. The molecule has 0 atom stereocenters. The predicted molar refractivity (Wildman–Crippen MR) is 90.4 cm³/mol. The van der Waals surface area contributed by atoms with Crippen molar-refractivity contribution >= 4 is 27.5 Å². The normalized spacial score (nSPS) is 10.5. The lowest BCUT2D eigenvalue weighted by Crippen LogP contribution is -2.13. The molecule has 0 saturated carbocycles. The molecular weight excluding hydrogens is 358 g/mol. The van der Waals surface area contributed by atoms with E-state index in [4.69, 9.17) is 4.52 Å². The van der Waals surface area contributed by atoms with Gasteiger partial charge in [0.2, 0.25) is 5.89 Å². The molecule has 0 radical (unpaired) electrons. The number of para-hydroxylation sites is 1. The first-order chi connectivity index (χ1) is 11.1. The van der Waals surface area contributed by atoms with Gasteiger partial charge in [-0.1, -0.05) is 45.4 Å². The highest BCUT2D eigenvalue weighted by Crippen LogP contribution is 2.20. The Kier molecular flexibility index (Phi) is 4.52. The minimum atomic E-state index is -0.166. The molecule has 1 amide bonds. The number of hydrogen-bond donors (Lipinski definition) is 1. The van der Waals surface area contributed by atoms with Crippen LogP contribution in [-0.2, 0) is 6.42 Å². The number of carbonyl (C=O) groups is 1. The summed E-state index contributed by atoms with van der Waals surface area (Å²) in [5.74, 6) is 0.947. The van der Waals surface area contributed by atoms with Crippen LogP contribution < -0.4 is 5.32 Å². The number of benzene rings is 2. The molecule has 116 valence electrons.